The number of anilines is 1. The molecule has 2 amide bonds. The van der Waals surface area contributed by atoms with Crippen molar-refractivity contribution in [2.45, 2.75) is 39.2 Å². The fourth-order valence-electron chi connectivity index (χ4n) is 2.75. The highest BCUT2D eigenvalue weighted by molar-refractivity contribution is 5.90. The molecule has 0 saturated carbocycles. The normalized spacial score (nSPS) is 17.0. The number of hydrogen-bond acceptors (Lipinski definition) is 3. The van der Waals surface area contributed by atoms with Gasteiger partial charge in [0.25, 0.3) is 0 Å². The number of rotatable bonds is 5. The summed E-state index contributed by atoms with van der Waals surface area (Å²) in [5, 5.41) is 15.6. The minimum atomic E-state index is -0.526. The van der Waals surface area contributed by atoms with Gasteiger partial charge in [-0.3, -0.25) is 0 Å². The van der Waals surface area contributed by atoms with Crippen molar-refractivity contribution < 1.29 is 9.90 Å². The Morgan fingerprint density at radius 2 is 2.00 bits per heavy atom. The van der Waals surface area contributed by atoms with Crippen LogP contribution in [0.2, 0.25) is 0 Å². The van der Waals surface area contributed by atoms with Crippen molar-refractivity contribution in [2.24, 2.45) is 0 Å². The zero-order chi connectivity index (χ0) is 15.9. The highest BCUT2D eigenvalue weighted by Crippen LogP contribution is 2.16. The van der Waals surface area contributed by atoms with Gasteiger partial charge in [-0.1, -0.05) is 18.6 Å². The smallest absolute Gasteiger partial charge is 0.319 e. The summed E-state index contributed by atoms with van der Waals surface area (Å²) in [6, 6.07) is 5.67. The van der Waals surface area contributed by atoms with Crippen LogP contribution in [-0.4, -0.2) is 48.3 Å². The van der Waals surface area contributed by atoms with Gasteiger partial charge in [-0.2, -0.15) is 0 Å². The van der Waals surface area contributed by atoms with Crippen LogP contribution in [0.15, 0.2) is 18.2 Å². The number of carbonyl (C=O) groups excluding carboxylic acids is 1. The lowest BCUT2D eigenvalue weighted by molar-refractivity contribution is 0.102. The maximum atomic E-state index is 11.9. The molecule has 1 unspecified atom stereocenters. The van der Waals surface area contributed by atoms with E-state index in [-0.39, 0.29) is 12.6 Å². The molecule has 5 nitrogen and oxygen atoms in total. The number of hydrogen-bond donors (Lipinski definition) is 3. The number of urea groups is 1. The van der Waals surface area contributed by atoms with E-state index in [0.717, 1.165) is 29.9 Å². The summed E-state index contributed by atoms with van der Waals surface area (Å²) < 4.78 is 0. The standard InChI is InChI=1S/C17H27N3O2/c1-13-6-7-14(2)16(10-13)19-17(22)18-11-15(21)12-20-8-4-3-5-9-20/h6-7,10,15,21H,3-5,8-9,11-12H2,1-2H3,(H2,18,19,22). The third-order valence-electron chi connectivity index (χ3n) is 4.06. The van der Waals surface area contributed by atoms with Gasteiger partial charge in [-0.05, 0) is 57.0 Å². The van der Waals surface area contributed by atoms with Crippen molar-refractivity contribution in [3.05, 3.63) is 29.3 Å². The van der Waals surface area contributed by atoms with E-state index in [0.29, 0.717) is 6.54 Å². The maximum Gasteiger partial charge on any atom is 0.319 e. The first-order valence-corrected chi connectivity index (χ1v) is 8.07. The molecular weight excluding hydrogens is 278 g/mol. The molecule has 3 N–H and O–H groups in total. The molecule has 1 aliphatic rings. The van der Waals surface area contributed by atoms with Crippen LogP contribution in [0.3, 0.4) is 0 Å². The molecule has 1 fully saturated rings. The minimum Gasteiger partial charge on any atom is -0.390 e. The Hall–Kier alpha value is -1.59. The molecule has 1 aliphatic heterocycles. The summed E-state index contributed by atoms with van der Waals surface area (Å²) in [6.07, 6.45) is 3.16. The lowest BCUT2D eigenvalue weighted by atomic mass is 10.1. The summed E-state index contributed by atoms with van der Waals surface area (Å²) in [4.78, 5) is 14.2. The first kappa shape index (κ1) is 16.8. The van der Waals surface area contributed by atoms with Gasteiger partial charge in [0.1, 0.15) is 0 Å². The van der Waals surface area contributed by atoms with Crippen molar-refractivity contribution in [3.8, 4) is 0 Å². The van der Waals surface area contributed by atoms with Crippen LogP contribution in [0.5, 0.6) is 0 Å². The molecule has 0 aromatic heterocycles. The molecule has 1 atom stereocenters. The second-order valence-electron chi connectivity index (χ2n) is 6.17. The Labute approximate surface area is 132 Å². The van der Waals surface area contributed by atoms with Gasteiger partial charge in [-0.25, -0.2) is 4.79 Å². The predicted molar refractivity (Wildman–Crippen MR) is 89.2 cm³/mol. The van der Waals surface area contributed by atoms with E-state index in [4.69, 9.17) is 0 Å². The third-order valence-corrected chi connectivity index (χ3v) is 4.06. The van der Waals surface area contributed by atoms with Crippen molar-refractivity contribution in [1.82, 2.24) is 10.2 Å². The van der Waals surface area contributed by atoms with Crippen molar-refractivity contribution >= 4 is 11.7 Å². The van der Waals surface area contributed by atoms with E-state index in [1.165, 1.54) is 19.3 Å². The lowest BCUT2D eigenvalue weighted by Crippen LogP contribution is -2.43. The molecule has 1 saturated heterocycles. The molecule has 122 valence electrons. The molecule has 0 bridgehead atoms. The van der Waals surface area contributed by atoms with Crippen molar-refractivity contribution in [1.29, 1.82) is 0 Å². The monoisotopic (exact) mass is 305 g/mol. The van der Waals surface area contributed by atoms with Crippen LogP contribution >= 0.6 is 0 Å². The number of likely N-dealkylation sites (tertiary alicyclic amines) is 1. The van der Waals surface area contributed by atoms with Crippen LogP contribution < -0.4 is 10.6 Å². The average Bonchev–Trinajstić information content (AvgIpc) is 2.50. The Balaban J connectivity index is 1.73. The average molecular weight is 305 g/mol. The molecular formula is C17H27N3O2. The molecule has 1 heterocycles. The molecule has 0 spiro atoms. The summed E-state index contributed by atoms with van der Waals surface area (Å²) in [5.41, 5.74) is 2.93. The topological polar surface area (TPSA) is 64.6 Å². The SMILES string of the molecule is Cc1ccc(C)c(NC(=O)NCC(O)CN2CCCCC2)c1. The Bertz CT molecular complexity index is 499. The minimum absolute atomic E-state index is 0.271. The second-order valence-corrected chi connectivity index (χ2v) is 6.17. The van der Waals surface area contributed by atoms with Gasteiger partial charge in [0, 0.05) is 18.8 Å². The van der Waals surface area contributed by atoms with Gasteiger partial charge >= 0.3 is 6.03 Å². The number of benzene rings is 1. The van der Waals surface area contributed by atoms with Gasteiger partial charge in [0.15, 0.2) is 0 Å². The third kappa shape index (κ3) is 5.31. The van der Waals surface area contributed by atoms with E-state index in [2.05, 4.69) is 15.5 Å². The Morgan fingerprint density at radius 1 is 1.27 bits per heavy atom. The number of nitrogens with one attached hydrogen (secondary N) is 2. The first-order valence-electron chi connectivity index (χ1n) is 8.07. The largest absolute Gasteiger partial charge is 0.390 e. The van der Waals surface area contributed by atoms with E-state index in [9.17, 15) is 9.90 Å². The van der Waals surface area contributed by atoms with Crippen LogP contribution in [0.1, 0.15) is 30.4 Å². The van der Waals surface area contributed by atoms with Crippen molar-refractivity contribution in [3.63, 3.8) is 0 Å². The number of aliphatic hydroxyl groups excluding tert-OH is 1. The van der Waals surface area contributed by atoms with Crippen LogP contribution in [0.25, 0.3) is 0 Å². The molecule has 22 heavy (non-hydrogen) atoms. The maximum absolute atomic E-state index is 11.9. The number of nitrogens with zero attached hydrogens (tertiary/aromatic N) is 1. The summed E-state index contributed by atoms with van der Waals surface area (Å²) in [5.74, 6) is 0. The Kier molecular flexibility index (Phi) is 6.21. The number of aliphatic hydroxyl groups is 1. The fourth-order valence-corrected chi connectivity index (χ4v) is 2.75. The zero-order valence-corrected chi connectivity index (χ0v) is 13.6. The summed E-state index contributed by atoms with van der Waals surface area (Å²) >= 11 is 0. The highest BCUT2D eigenvalue weighted by Gasteiger charge is 2.15. The fraction of sp³-hybridized carbons (Fsp3) is 0.588. The molecule has 1 aromatic carbocycles. The van der Waals surface area contributed by atoms with Crippen LogP contribution in [-0.2, 0) is 0 Å². The number of amides is 2. The zero-order valence-electron chi connectivity index (χ0n) is 13.6. The Morgan fingerprint density at radius 3 is 2.73 bits per heavy atom. The van der Waals surface area contributed by atoms with E-state index >= 15 is 0 Å². The molecule has 1 aromatic rings. The van der Waals surface area contributed by atoms with Crippen molar-refractivity contribution in [2.75, 3.05) is 31.5 Å². The quantitative estimate of drug-likeness (QED) is 0.782. The number of β-amino-alcohol motifs (C(OH)–C–C–N with tert-alkyl or cyclic N) is 1. The van der Waals surface area contributed by atoms with Crippen LogP contribution in [0.4, 0.5) is 10.5 Å². The number of aryl methyl sites for hydroxylation is 2. The molecule has 0 aliphatic carbocycles. The summed E-state index contributed by atoms with van der Waals surface area (Å²) in [7, 11) is 0. The van der Waals surface area contributed by atoms with E-state index in [1.807, 2.05) is 32.0 Å². The predicted octanol–water partition coefficient (Wildman–Crippen LogP) is 2.27. The van der Waals surface area contributed by atoms with Gasteiger partial charge < -0.3 is 20.6 Å². The van der Waals surface area contributed by atoms with Gasteiger partial charge in [0.05, 0.1) is 6.10 Å². The second kappa shape index (κ2) is 8.15. The first-order chi connectivity index (χ1) is 10.5. The molecule has 2 rings (SSSR count). The van der Waals surface area contributed by atoms with E-state index in [1.54, 1.807) is 0 Å². The number of carbonyl (C=O) groups is 1. The molecule has 5 heteroatoms. The molecule has 0 radical (unpaired) electrons. The van der Waals surface area contributed by atoms with E-state index < -0.39 is 6.10 Å². The summed E-state index contributed by atoms with van der Waals surface area (Å²) in [6.45, 7) is 6.94. The number of piperidine rings is 1. The highest BCUT2D eigenvalue weighted by atomic mass is 16.3. The van der Waals surface area contributed by atoms with Crippen LogP contribution in [0, 0.1) is 13.8 Å². The lowest BCUT2D eigenvalue weighted by Gasteiger charge is -2.28. The van der Waals surface area contributed by atoms with Gasteiger partial charge in [-0.15, -0.1) is 0 Å². The van der Waals surface area contributed by atoms with Gasteiger partial charge in [0.2, 0.25) is 0 Å².